The van der Waals surface area contributed by atoms with Crippen molar-refractivity contribution in [1.29, 1.82) is 0 Å². The summed E-state index contributed by atoms with van der Waals surface area (Å²) in [6, 6.07) is 9.63. The first-order chi connectivity index (χ1) is 8.45. The molecule has 17 heavy (non-hydrogen) atoms. The first kappa shape index (κ1) is 11.4. The molecule has 1 aromatic rings. The third-order valence-corrected chi connectivity index (χ3v) is 4.92. The molecule has 1 atom stereocenters. The average molecular weight is 248 g/mol. The molecule has 0 saturated carbocycles. The second kappa shape index (κ2) is 5.32. The fraction of sp³-hybridized carbons (Fsp3) is 0.571. The monoisotopic (exact) mass is 248 g/mol. The first-order valence-corrected chi connectivity index (χ1v) is 7.73. The Bertz CT molecular complexity index is 374. The molecule has 1 unspecified atom stereocenters. The Kier molecular flexibility index (Phi) is 3.57. The molecule has 0 amide bonds. The van der Waals surface area contributed by atoms with Gasteiger partial charge in [0.15, 0.2) is 0 Å². The van der Waals surface area contributed by atoms with Gasteiger partial charge in [0.25, 0.3) is 0 Å². The zero-order valence-corrected chi connectivity index (χ0v) is 11.0. The van der Waals surface area contributed by atoms with E-state index in [0.717, 1.165) is 25.7 Å². The van der Waals surface area contributed by atoms with E-state index in [1.807, 2.05) is 0 Å². The van der Waals surface area contributed by atoms with Crippen LogP contribution < -0.4 is 10.2 Å². The van der Waals surface area contributed by atoms with Crippen molar-refractivity contribution in [1.82, 2.24) is 5.32 Å². The van der Waals surface area contributed by atoms with E-state index >= 15 is 0 Å². The summed E-state index contributed by atoms with van der Waals surface area (Å²) >= 11 is 2.12. The van der Waals surface area contributed by atoms with Gasteiger partial charge in [-0.05, 0) is 30.2 Å². The fourth-order valence-electron chi connectivity index (χ4n) is 2.83. The van der Waals surface area contributed by atoms with Crippen molar-refractivity contribution in [2.45, 2.75) is 25.4 Å². The van der Waals surface area contributed by atoms with Crippen molar-refractivity contribution in [2.24, 2.45) is 0 Å². The Balaban J connectivity index is 1.88. The Hall–Kier alpha value is -0.670. The second-order valence-corrected chi connectivity index (χ2v) is 6.02. The van der Waals surface area contributed by atoms with Crippen LogP contribution in [0.5, 0.6) is 0 Å². The van der Waals surface area contributed by atoms with Gasteiger partial charge in [0.05, 0.1) is 0 Å². The highest BCUT2D eigenvalue weighted by molar-refractivity contribution is 7.99. The zero-order valence-electron chi connectivity index (χ0n) is 10.2. The highest BCUT2D eigenvalue weighted by Gasteiger charge is 2.24. The van der Waals surface area contributed by atoms with Crippen molar-refractivity contribution < 1.29 is 0 Å². The highest BCUT2D eigenvalue weighted by atomic mass is 32.2. The zero-order chi connectivity index (χ0) is 11.5. The molecule has 3 heteroatoms. The van der Waals surface area contributed by atoms with Crippen molar-refractivity contribution in [3.63, 3.8) is 0 Å². The van der Waals surface area contributed by atoms with Crippen LogP contribution in [-0.4, -0.2) is 30.6 Å². The molecular weight excluding hydrogens is 228 g/mol. The largest absolute Gasteiger partial charge is 0.366 e. The van der Waals surface area contributed by atoms with Gasteiger partial charge >= 0.3 is 0 Å². The van der Waals surface area contributed by atoms with Crippen molar-refractivity contribution in [2.75, 3.05) is 29.5 Å². The molecule has 0 radical (unpaired) electrons. The summed E-state index contributed by atoms with van der Waals surface area (Å²) in [5.74, 6) is 2.65. The fourth-order valence-corrected chi connectivity index (χ4v) is 3.99. The van der Waals surface area contributed by atoms with Crippen LogP contribution in [0.1, 0.15) is 18.4 Å². The van der Waals surface area contributed by atoms with Gasteiger partial charge in [-0.25, -0.2) is 0 Å². The van der Waals surface area contributed by atoms with Crippen molar-refractivity contribution in [3.8, 4) is 0 Å². The quantitative estimate of drug-likeness (QED) is 0.822. The summed E-state index contributed by atoms with van der Waals surface area (Å²) in [6.45, 7) is 3.28. The number of fused-ring (bicyclic) bond motifs is 1. The minimum absolute atomic E-state index is 0.745. The van der Waals surface area contributed by atoms with Crippen LogP contribution in [-0.2, 0) is 6.54 Å². The maximum absolute atomic E-state index is 3.52. The van der Waals surface area contributed by atoms with Gasteiger partial charge in [0.1, 0.15) is 0 Å². The maximum atomic E-state index is 3.52. The second-order valence-electron chi connectivity index (χ2n) is 4.87. The summed E-state index contributed by atoms with van der Waals surface area (Å²) in [5.41, 5.74) is 2.92. The molecule has 2 heterocycles. The molecule has 92 valence electrons. The molecule has 1 fully saturated rings. The standard InChI is InChI=1S/C14H20N2S/c1-2-6-14-12(4-1)10-15-7-8-16(14)13-5-3-9-17-11-13/h1-2,4,6,13,15H,3,5,7-11H2. The number of hydrogen-bond donors (Lipinski definition) is 1. The van der Waals surface area contributed by atoms with Gasteiger partial charge in [0.2, 0.25) is 0 Å². The van der Waals surface area contributed by atoms with E-state index in [1.165, 1.54) is 35.6 Å². The van der Waals surface area contributed by atoms with Crippen LogP contribution in [0.3, 0.4) is 0 Å². The minimum Gasteiger partial charge on any atom is -0.366 e. The smallest absolute Gasteiger partial charge is 0.0415 e. The lowest BCUT2D eigenvalue weighted by atomic mass is 10.1. The highest BCUT2D eigenvalue weighted by Crippen LogP contribution is 2.29. The first-order valence-electron chi connectivity index (χ1n) is 6.58. The summed E-state index contributed by atoms with van der Waals surface area (Å²) in [4.78, 5) is 2.64. The van der Waals surface area contributed by atoms with Crippen molar-refractivity contribution >= 4 is 17.4 Å². The van der Waals surface area contributed by atoms with E-state index in [0.29, 0.717) is 0 Å². The lowest BCUT2D eigenvalue weighted by molar-refractivity contribution is 0.571. The minimum atomic E-state index is 0.745. The topological polar surface area (TPSA) is 15.3 Å². The Labute approximate surface area is 108 Å². The predicted octanol–water partition coefficient (Wildman–Crippen LogP) is 2.49. The molecular formula is C14H20N2S. The number of anilines is 1. The number of para-hydroxylation sites is 1. The van der Waals surface area contributed by atoms with Gasteiger partial charge < -0.3 is 10.2 Å². The molecule has 2 aliphatic rings. The molecule has 2 aliphatic heterocycles. The molecule has 3 rings (SSSR count). The number of nitrogens with zero attached hydrogens (tertiary/aromatic N) is 1. The van der Waals surface area contributed by atoms with E-state index in [2.05, 4.69) is 46.2 Å². The lowest BCUT2D eigenvalue weighted by Crippen LogP contribution is -2.41. The van der Waals surface area contributed by atoms with E-state index < -0.39 is 0 Å². The molecule has 0 aromatic heterocycles. The van der Waals surface area contributed by atoms with Gasteiger partial charge in [-0.15, -0.1) is 0 Å². The molecule has 1 saturated heterocycles. The molecule has 0 aliphatic carbocycles. The number of rotatable bonds is 1. The van der Waals surface area contributed by atoms with Crippen LogP contribution in [0.4, 0.5) is 5.69 Å². The van der Waals surface area contributed by atoms with Crippen LogP contribution in [0, 0.1) is 0 Å². The van der Waals surface area contributed by atoms with Crippen LogP contribution in [0.25, 0.3) is 0 Å². The summed E-state index contributed by atoms with van der Waals surface area (Å²) in [7, 11) is 0. The lowest BCUT2D eigenvalue weighted by Gasteiger charge is -2.35. The van der Waals surface area contributed by atoms with E-state index in [-0.39, 0.29) is 0 Å². The van der Waals surface area contributed by atoms with E-state index in [4.69, 9.17) is 0 Å². The molecule has 2 nitrogen and oxygen atoms in total. The average Bonchev–Trinajstić information content (AvgIpc) is 2.62. The molecule has 0 spiro atoms. The van der Waals surface area contributed by atoms with E-state index in [1.54, 1.807) is 0 Å². The normalized spacial score (nSPS) is 25.2. The van der Waals surface area contributed by atoms with Gasteiger partial charge in [-0.2, -0.15) is 11.8 Å². The van der Waals surface area contributed by atoms with Crippen LogP contribution in [0.2, 0.25) is 0 Å². The maximum Gasteiger partial charge on any atom is 0.0415 e. The van der Waals surface area contributed by atoms with E-state index in [9.17, 15) is 0 Å². The van der Waals surface area contributed by atoms with Crippen molar-refractivity contribution in [3.05, 3.63) is 29.8 Å². The summed E-state index contributed by atoms with van der Waals surface area (Å²) in [5, 5.41) is 3.52. The summed E-state index contributed by atoms with van der Waals surface area (Å²) < 4.78 is 0. The molecule has 1 N–H and O–H groups in total. The van der Waals surface area contributed by atoms with Gasteiger partial charge in [0, 0.05) is 37.1 Å². The number of benzene rings is 1. The molecule has 1 aromatic carbocycles. The van der Waals surface area contributed by atoms with Gasteiger partial charge in [-0.1, -0.05) is 18.2 Å². The number of hydrogen-bond acceptors (Lipinski definition) is 3. The third kappa shape index (κ3) is 2.45. The predicted molar refractivity (Wildman–Crippen MR) is 75.8 cm³/mol. The Morgan fingerprint density at radius 3 is 3.12 bits per heavy atom. The van der Waals surface area contributed by atoms with Crippen LogP contribution in [0.15, 0.2) is 24.3 Å². The third-order valence-electron chi connectivity index (χ3n) is 3.72. The SMILES string of the molecule is c1ccc2c(c1)CNCCN2C1CCCSC1. The van der Waals surface area contributed by atoms with Crippen LogP contribution >= 0.6 is 11.8 Å². The number of nitrogens with one attached hydrogen (secondary N) is 1. The Morgan fingerprint density at radius 1 is 1.29 bits per heavy atom. The van der Waals surface area contributed by atoms with Gasteiger partial charge in [-0.3, -0.25) is 0 Å². The molecule has 0 bridgehead atoms. The summed E-state index contributed by atoms with van der Waals surface area (Å²) in [6.07, 6.45) is 2.74. The Morgan fingerprint density at radius 2 is 2.24 bits per heavy atom. The number of thioether (sulfide) groups is 1.